The molecule has 1 unspecified atom stereocenters. The summed E-state index contributed by atoms with van der Waals surface area (Å²) in [6.07, 6.45) is 0.195. The summed E-state index contributed by atoms with van der Waals surface area (Å²) in [6.45, 7) is -1.32. The SMILES string of the molecule is NCC1(c2ccccc2)Cc2c(cc(F)c(Cl)c2-c2cc(SC(F)(F)CO)ccc2C(N)=O)O1. The van der Waals surface area contributed by atoms with Gasteiger partial charge in [-0.1, -0.05) is 41.9 Å². The number of aliphatic hydroxyl groups excluding tert-OH is 1. The number of primary amides is 1. The van der Waals surface area contributed by atoms with Gasteiger partial charge in [0.1, 0.15) is 18.2 Å². The molecule has 0 aliphatic carbocycles. The van der Waals surface area contributed by atoms with Crippen molar-refractivity contribution in [3.63, 3.8) is 0 Å². The van der Waals surface area contributed by atoms with Crippen molar-refractivity contribution in [2.75, 3.05) is 13.2 Å². The average Bonchev–Trinajstić information content (AvgIpc) is 3.19. The van der Waals surface area contributed by atoms with Crippen molar-refractivity contribution in [1.82, 2.24) is 0 Å². The van der Waals surface area contributed by atoms with Crippen molar-refractivity contribution in [2.24, 2.45) is 11.5 Å². The normalized spacial score (nSPS) is 17.4. The Hall–Kier alpha value is -2.72. The van der Waals surface area contributed by atoms with Crippen LogP contribution >= 0.6 is 23.4 Å². The molecular formula is C24H20ClF3N2O3S. The predicted molar refractivity (Wildman–Crippen MR) is 125 cm³/mol. The third-order valence-corrected chi connectivity index (χ3v) is 6.95. The summed E-state index contributed by atoms with van der Waals surface area (Å²) in [7, 11) is 0. The molecule has 0 radical (unpaired) electrons. The maximum absolute atomic E-state index is 14.9. The monoisotopic (exact) mass is 508 g/mol. The Balaban J connectivity index is 1.92. The van der Waals surface area contributed by atoms with Gasteiger partial charge in [0.05, 0.1) is 5.02 Å². The number of fused-ring (bicyclic) bond motifs is 1. The van der Waals surface area contributed by atoms with Gasteiger partial charge >= 0.3 is 5.25 Å². The molecule has 0 fully saturated rings. The largest absolute Gasteiger partial charge is 0.480 e. The van der Waals surface area contributed by atoms with E-state index < -0.39 is 29.2 Å². The van der Waals surface area contributed by atoms with Crippen molar-refractivity contribution < 1.29 is 27.8 Å². The minimum atomic E-state index is -3.47. The molecule has 5 nitrogen and oxygen atoms in total. The van der Waals surface area contributed by atoms with E-state index in [1.807, 2.05) is 30.3 Å². The molecule has 34 heavy (non-hydrogen) atoms. The Kier molecular flexibility index (Phi) is 6.56. The second-order valence-corrected chi connectivity index (χ2v) is 9.49. The van der Waals surface area contributed by atoms with Crippen LogP contribution in [-0.4, -0.2) is 29.4 Å². The van der Waals surface area contributed by atoms with Crippen LogP contribution in [0.2, 0.25) is 5.02 Å². The van der Waals surface area contributed by atoms with Gasteiger partial charge in [0, 0.05) is 40.6 Å². The third kappa shape index (κ3) is 4.36. The Morgan fingerprint density at radius 3 is 2.53 bits per heavy atom. The summed E-state index contributed by atoms with van der Waals surface area (Å²) in [6, 6.07) is 14.1. The molecule has 10 heteroatoms. The van der Waals surface area contributed by atoms with E-state index in [1.165, 1.54) is 18.2 Å². The summed E-state index contributed by atoms with van der Waals surface area (Å²) in [5, 5.41) is 5.17. The first-order chi connectivity index (χ1) is 16.1. The van der Waals surface area contributed by atoms with Gasteiger partial charge in [0.15, 0.2) is 5.60 Å². The minimum absolute atomic E-state index is 0.0280. The molecule has 1 aliphatic rings. The molecule has 4 rings (SSSR count). The zero-order valence-corrected chi connectivity index (χ0v) is 19.2. The van der Waals surface area contributed by atoms with E-state index in [-0.39, 0.29) is 57.1 Å². The molecular weight excluding hydrogens is 489 g/mol. The number of amides is 1. The van der Waals surface area contributed by atoms with E-state index in [0.717, 1.165) is 11.6 Å². The van der Waals surface area contributed by atoms with Crippen molar-refractivity contribution in [3.05, 3.63) is 82.1 Å². The summed E-state index contributed by atoms with van der Waals surface area (Å²) in [5.74, 6) is -1.48. The van der Waals surface area contributed by atoms with Crippen LogP contribution in [0.5, 0.6) is 5.75 Å². The highest BCUT2D eigenvalue weighted by Gasteiger charge is 2.43. The Morgan fingerprint density at radius 2 is 1.91 bits per heavy atom. The maximum atomic E-state index is 14.9. The quantitative estimate of drug-likeness (QED) is 0.401. The Bertz CT molecular complexity index is 1260. The van der Waals surface area contributed by atoms with Gasteiger partial charge in [-0.05, 0) is 41.1 Å². The summed E-state index contributed by atoms with van der Waals surface area (Å²) >= 11 is 6.47. The molecule has 1 amide bonds. The number of ether oxygens (including phenoxy) is 1. The van der Waals surface area contributed by atoms with Gasteiger partial charge in [-0.25, -0.2) is 4.39 Å². The number of hydrogen-bond donors (Lipinski definition) is 3. The molecule has 1 atom stereocenters. The van der Waals surface area contributed by atoms with Gasteiger partial charge in [-0.2, -0.15) is 8.78 Å². The summed E-state index contributed by atoms with van der Waals surface area (Å²) < 4.78 is 48.7. The molecule has 1 heterocycles. The molecule has 3 aromatic rings. The molecule has 0 saturated carbocycles. The smallest absolute Gasteiger partial charge is 0.320 e. The van der Waals surface area contributed by atoms with Crippen LogP contribution in [0.25, 0.3) is 11.1 Å². The lowest BCUT2D eigenvalue weighted by Gasteiger charge is -2.27. The van der Waals surface area contributed by atoms with Crippen molar-refractivity contribution >= 4 is 29.3 Å². The van der Waals surface area contributed by atoms with Crippen LogP contribution in [0.15, 0.2) is 59.5 Å². The molecule has 3 aromatic carbocycles. The van der Waals surface area contributed by atoms with Gasteiger partial charge in [-0.3, -0.25) is 4.79 Å². The zero-order chi connectivity index (χ0) is 24.7. The highest BCUT2D eigenvalue weighted by molar-refractivity contribution is 8.00. The fourth-order valence-corrected chi connectivity index (χ4v) is 5.06. The van der Waals surface area contributed by atoms with Crippen LogP contribution < -0.4 is 16.2 Å². The number of halogens is 4. The first kappa shape index (κ1) is 24.4. The average molecular weight is 509 g/mol. The molecule has 5 N–H and O–H groups in total. The highest BCUT2D eigenvalue weighted by Crippen LogP contribution is 2.50. The molecule has 178 valence electrons. The topological polar surface area (TPSA) is 98.6 Å². The minimum Gasteiger partial charge on any atom is -0.480 e. The van der Waals surface area contributed by atoms with E-state index >= 15 is 0 Å². The highest BCUT2D eigenvalue weighted by atomic mass is 35.5. The number of thioether (sulfide) groups is 1. The van der Waals surface area contributed by atoms with Gasteiger partial charge in [0.2, 0.25) is 5.91 Å². The molecule has 0 saturated heterocycles. The van der Waals surface area contributed by atoms with Crippen LogP contribution in [0.3, 0.4) is 0 Å². The van der Waals surface area contributed by atoms with E-state index in [9.17, 15) is 18.0 Å². The fourth-order valence-electron chi connectivity index (χ4n) is 4.07. The van der Waals surface area contributed by atoms with Crippen LogP contribution in [0, 0.1) is 5.82 Å². The fraction of sp³-hybridized carbons (Fsp3) is 0.208. The number of nitrogens with two attached hydrogens (primary N) is 2. The van der Waals surface area contributed by atoms with E-state index in [4.69, 9.17) is 32.9 Å². The second kappa shape index (κ2) is 9.14. The van der Waals surface area contributed by atoms with E-state index in [2.05, 4.69) is 0 Å². The molecule has 0 bridgehead atoms. The number of aliphatic hydroxyl groups is 1. The second-order valence-electron chi connectivity index (χ2n) is 7.84. The van der Waals surface area contributed by atoms with Crippen LogP contribution in [0.1, 0.15) is 21.5 Å². The zero-order valence-electron chi connectivity index (χ0n) is 17.7. The first-order valence-corrected chi connectivity index (χ1v) is 11.4. The third-order valence-electron chi connectivity index (χ3n) is 5.66. The lowest BCUT2D eigenvalue weighted by atomic mass is 9.85. The standard InChI is InChI=1S/C24H20ClF3N2O3S/c25-21-18(26)9-19-17(10-23(11-29,33-19)13-4-2-1-3-5-13)20(21)16-8-14(34-24(27,28)12-31)6-7-15(16)22(30)32/h1-9,31H,10-12,29H2,(H2,30,32). The Labute approximate surface area is 202 Å². The van der Waals surface area contributed by atoms with Gasteiger partial charge in [0.25, 0.3) is 0 Å². The van der Waals surface area contributed by atoms with Gasteiger partial charge in [-0.15, -0.1) is 0 Å². The van der Waals surface area contributed by atoms with Crippen LogP contribution in [0.4, 0.5) is 13.2 Å². The maximum Gasteiger partial charge on any atom is 0.320 e. The number of hydrogen-bond acceptors (Lipinski definition) is 5. The molecule has 0 aromatic heterocycles. The number of benzene rings is 3. The molecule has 0 spiro atoms. The van der Waals surface area contributed by atoms with Crippen LogP contribution in [-0.2, 0) is 12.0 Å². The number of carbonyl (C=O) groups excluding carboxylic acids is 1. The number of rotatable bonds is 7. The Morgan fingerprint density at radius 1 is 1.21 bits per heavy atom. The first-order valence-electron chi connectivity index (χ1n) is 10.2. The lowest BCUT2D eigenvalue weighted by molar-refractivity contribution is 0.0362. The summed E-state index contributed by atoms with van der Waals surface area (Å²) in [4.78, 5) is 12.2. The lowest BCUT2D eigenvalue weighted by Crippen LogP contribution is -2.39. The van der Waals surface area contributed by atoms with Crippen molar-refractivity contribution in [2.45, 2.75) is 22.2 Å². The summed E-state index contributed by atoms with van der Waals surface area (Å²) in [5.41, 5.74) is 12.0. The van der Waals surface area contributed by atoms with Crippen molar-refractivity contribution in [1.29, 1.82) is 0 Å². The van der Waals surface area contributed by atoms with E-state index in [0.29, 0.717) is 5.56 Å². The molecule has 1 aliphatic heterocycles. The van der Waals surface area contributed by atoms with Crippen molar-refractivity contribution in [3.8, 4) is 16.9 Å². The van der Waals surface area contributed by atoms with Gasteiger partial charge < -0.3 is 21.3 Å². The van der Waals surface area contributed by atoms with E-state index in [1.54, 1.807) is 0 Å². The number of carbonyl (C=O) groups is 1. The predicted octanol–water partition coefficient (Wildman–Crippen LogP) is 4.71. The number of alkyl halides is 2.